The Balaban J connectivity index is 1.66. The van der Waals surface area contributed by atoms with Crippen LogP contribution in [0.4, 0.5) is 0 Å². The summed E-state index contributed by atoms with van der Waals surface area (Å²) in [7, 11) is 3.36. The van der Waals surface area contributed by atoms with Crippen LogP contribution >= 0.6 is 0 Å². The molecule has 0 fully saturated rings. The van der Waals surface area contributed by atoms with Crippen molar-refractivity contribution in [2.24, 2.45) is 0 Å². The Morgan fingerprint density at radius 1 is 1.20 bits per heavy atom. The van der Waals surface area contributed by atoms with Gasteiger partial charge in [-0.05, 0) is 29.3 Å². The average molecular weight is 404 g/mol. The van der Waals surface area contributed by atoms with Crippen LogP contribution in [-0.4, -0.2) is 47.4 Å². The van der Waals surface area contributed by atoms with Crippen LogP contribution in [0.25, 0.3) is 0 Å². The Morgan fingerprint density at radius 3 is 2.67 bits per heavy atom. The van der Waals surface area contributed by atoms with Crippen molar-refractivity contribution in [2.45, 2.75) is 18.4 Å². The average Bonchev–Trinajstić information content (AvgIpc) is 3.29. The highest BCUT2D eigenvalue weighted by Gasteiger charge is 2.42. The van der Waals surface area contributed by atoms with Crippen LogP contribution in [0.2, 0.25) is 0 Å². The van der Waals surface area contributed by atoms with Crippen LogP contribution in [0, 0.1) is 0 Å². The lowest BCUT2D eigenvalue weighted by molar-refractivity contribution is -0.124. The number of hydrogen-bond acceptors (Lipinski definition) is 4. The van der Waals surface area contributed by atoms with Gasteiger partial charge >= 0.3 is 0 Å². The molecule has 2 aromatic carbocycles. The standard InChI is InChI=1S/C23H24N4O3/c1-27-21(15-7-9-17(30-2)10-8-15)20(18-5-3-4-6-19(18)23(27)29)22(28)25-12-11-16-13-24-14-26-16/h3-10,13-14,20-21H,11-12H2,1-2H3,(H,24,26)(H,25,28). The zero-order valence-corrected chi connectivity index (χ0v) is 17.0. The van der Waals surface area contributed by atoms with Crippen molar-refractivity contribution < 1.29 is 14.3 Å². The Hall–Kier alpha value is -3.61. The summed E-state index contributed by atoms with van der Waals surface area (Å²) in [6, 6.07) is 14.4. The van der Waals surface area contributed by atoms with E-state index >= 15 is 0 Å². The Kier molecular flexibility index (Phi) is 5.52. The highest BCUT2D eigenvalue weighted by atomic mass is 16.5. The third-order valence-corrected chi connectivity index (χ3v) is 5.57. The lowest BCUT2D eigenvalue weighted by atomic mass is 9.79. The number of benzene rings is 2. The molecule has 2 heterocycles. The Morgan fingerprint density at radius 2 is 1.97 bits per heavy atom. The van der Waals surface area contributed by atoms with Crippen molar-refractivity contribution in [3.63, 3.8) is 0 Å². The van der Waals surface area contributed by atoms with E-state index in [2.05, 4.69) is 15.3 Å². The van der Waals surface area contributed by atoms with Gasteiger partial charge in [-0.2, -0.15) is 0 Å². The molecule has 7 nitrogen and oxygen atoms in total. The maximum absolute atomic E-state index is 13.3. The predicted octanol–water partition coefficient (Wildman–Crippen LogP) is 2.69. The Bertz CT molecular complexity index is 1030. The quantitative estimate of drug-likeness (QED) is 0.661. The number of amides is 2. The molecular formula is C23H24N4O3. The molecule has 30 heavy (non-hydrogen) atoms. The summed E-state index contributed by atoms with van der Waals surface area (Å²) < 4.78 is 5.26. The van der Waals surface area contributed by atoms with Gasteiger partial charge < -0.3 is 19.9 Å². The van der Waals surface area contributed by atoms with E-state index in [1.54, 1.807) is 37.6 Å². The van der Waals surface area contributed by atoms with Gasteiger partial charge in [0.05, 0.1) is 25.4 Å². The van der Waals surface area contributed by atoms with Crippen LogP contribution in [0.15, 0.2) is 61.1 Å². The second-order valence-electron chi connectivity index (χ2n) is 7.32. The van der Waals surface area contributed by atoms with E-state index in [1.807, 2.05) is 42.5 Å². The number of likely N-dealkylation sites (N-methyl/N-ethyl adjacent to an activating group) is 1. The number of fused-ring (bicyclic) bond motifs is 1. The van der Waals surface area contributed by atoms with Gasteiger partial charge in [0.15, 0.2) is 0 Å². The zero-order valence-electron chi connectivity index (χ0n) is 17.0. The minimum atomic E-state index is -0.515. The SMILES string of the molecule is COc1ccc(C2C(C(=O)NCCc3cnc[nH]3)c3ccccc3C(=O)N2C)cc1. The molecule has 0 radical (unpaired) electrons. The van der Waals surface area contributed by atoms with Crippen molar-refractivity contribution in [3.8, 4) is 5.75 Å². The molecule has 2 amide bonds. The number of methoxy groups -OCH3 is 1. The monoisotopic (exact) mass is 404 g/mol. The molecule has 0 aliphatic carbocycles. The van der Waals surface area contributed by atoms with E-state index in [1.165, 1.54) is 0 Å². The topological polar surface area (TPSA) is 87.3 Å². The van der Waals surface area contributed by atoms with Crippen molar-refractivity contribution in [1.82, 2.24) is 20.2 Å². The maximum Gasteiger partial charge on any atom is 0.254 e. The predicted molar refractivity (Wildman–Crippen MR) is 112 cm³/mol. The second kappa shape index (κ2) is 8.41. The molecule has 2 N–H and O–H groups in total. The maximum atomic E-state index is 13.3. The number of ether oxygens (including phenoxy) is 1. The van der Waals surface area contributed by atoms with Crippen molar-refractivity contribution in [3.05, 3.63) is 83.4 Å². The van der Waals surface area contributed by atoms with Gasteiger partial charge in [0.25, 0.3) is 5.91 Å². The number of carbonyl (C=O) groups is 2. The molecule has 3 aromatic rings. The van der Waals surface area contributed by atoms with E-state index in [0.717, 1.165) is 22.6 Å². The first-order valence-electron chi connectivity index (χ1n) is 9.85. The number of carbonyl (C=O) groups excluding carboxylic acids is 2. The van der Waals surface area contributed by atoms with Gasteiger partial charge in [0, 0.05) is 37.5 Å². The first kappa shape index (κ1) is 19.7. The van der Waals surface area contributed by atoms with Gasteiger partial charge in [-0.15, -0.1) is 0 Å². The number of aromatic amines is 1. The number of H-pyrrole nitrogens is 1. The normalized spacial score (nSPS) is 18.1. The van der Waals surface area contributed by atoms with Crippen molar-refractivity contribution in [1.29, 1.82) is 0 Å². The molecule has 0 saturated heterocycles. The Labute approximate surface area is 175 Å². The van der Waals surface area contributed by atoms with Gasteiger partial charge in [0.2, 0.25) is 5.91 Å². The first-order valence-corrected chi connectivity index (χ1v) is 9.85. The number of nitrogens with zero attached hydrogens (tertiary/aromatic N) is 2. The molecule has 154 valence electrons. The molecule has 0 saturated carbocycles. The molecule has 0 spiro atoms. The molecule has 4 rings (SSSR count). The number of aromatic nitrogens is 2. The zero-order chi connectivity index (χ0) is 21.1. The molecule has 1 aliphatic heterocycles. The van der Waals surface area contributed by atoms with Crippen LogP contribution < -0.4 is 10.1 Å². The minimum Gasteiger partial charge on any atom is -0.497 e. The number of hydrogen-bond donors (Lipinski definition) is 2. The van der Waals surface area contributed by atoms with E-state index < -0.39 is 12.0 Å². The fourth-order valence-corrected chi connectivity index (χ4v) is 4.03. The van der Waals surface area contributed by atoms with Crippen LogP contribution in [0.3, 0.4) is 0 Å². The highest BCUT2D eigenvalue weighted by molar-refractivity contribution is 6.01. The second-order valence-corrected chi connectivity index (χ2v) is 7.32. The smallest absolute Gasteiger partial charge is 0.254 e. The fourth-order valence-electron chi connectivity index (χ4n) is 4.03. The van der Waals surface area contributed by atoms with Crippen LogP contribution in [0.5, 0.6) is 5.75 Å². The van der Waals surface area contributed by atoms with Crippen molar-refractivity contribution >= 4 is 11.8 Å². The van der Waals surface area contributed by atoms with Gasteiger partial charge in [-0.25, -0.2) is 4.98 Å². The van der Waals surface area contributed by atoms with E-state index in [-0.39, 0.29) is 11.8 Å². The lowest BCUT2D eigenvalue weighted by Gasteiger charge is -2.39. The third kappa shape index (κ3) is 3.66. The summed E-state index contributed by atoms with van der Waals surface area (Å²) >= 11 is 0. The van der Waals surface area contributed by atoms with Crippen molar-refractivity contribution in [2.75, 3.05) is 20.7 Å². The third-order valence-electron chi connectivity index (χ3n) is 5.57. The molecule has 0 bridgehead atoms. The van der Waals surface area contributed by atoms with Gasteiger partial charge in [-0.1, -0.05) is 30.3 Å². The van der Waals surface area contributed by atoms with Crippen LogP contribution in [-0.2, 0) is 11.2 Å². The van der Waals surface area contributed by atoms with Gasteiger partial charge in [-0.3, -0.25) is 9.59 Å². The lowest BCUT2D eigenvalue weighted by Crippen LogP contribution is -2.46. The summed E-state index contributed by atoms with van der Waals surface area (Å²) in [5.74, 6) is 0.0126. The van der Waals surface area contributed by atoms with E-state index in [4.69, 9.17) is 4.74 Å². The molecule has 1 aromatic heterocycles. The largest absolute Gasteiger partial charge is 0.497 e. The first-order chi connectivity index (χ1) is 14.6. The summed E-state index contributed by atoms with van der Waals surface area (Å²) in [6.07, 6.45) is 4.02. The van der Waals surface area contributed by atoms with E-state index in [9.17, 15) is 9.59 Å². The molecule has 2 atom stereocenters. The summed E-state index contributed by atoms with van der Waals surface area (Å²) in [5.41, 5.74) is 3.16. The molecule has 2 unspecified atom stereocenters. The van der Waals surface area contributed by atoms with Gasteiger partial charge in [0.1, 0.15) is 5.75 Å². The molecular weight excluding hydrogens is 380 g/mol. The van der Waals surface area contributed by atoms with E-state index in [0.29, 0.717) is 18.5 Å². The number of nitrogens with one attached hydrogen (secondary N) is 2. The van der Waals surface area contributed by atoms with Crippen LogP contribution in [0.1, 0.15) is 39.1 Å². The fraction of sp³-hybridized carbons (Fsp3) is 0.261. The minimum absolute atomic E-state index is 0.0899. The summed E-state index contributed by atoms with van der Waals surface area (Å²) in [4.78, 5) is 35.1. The highest BCUT2D eigenvalue weighted by Crippen LogP contribution is 2.42. The summed E-state index contributed by atoms with van der Waals surface area (Å²) in [5, 5.41) is 3.04. The number of rotatable bonds is 6. The molecule has 1 aliphatic rings. The number of imidazole rings is 1. The summed E-state index contributed by atoms with van der Waals surface area (Å²) in [6.45, 7) is 0.479. The molecule has 7 heteroatoms.